The molecule has 3 aromatic rings. The van der Waals surface area contributed by atoms with Crippen molar-refractivity contribution in [1.82, 2.24) is 0 Å². The highest BCUT2D eigenvalue weighted by Crippen LogP contribution is 2.33. The molecule has 0 unspecified atom stereocenters. The van der Waals surface area contributed by atoms with Crippen LogP contribution in [-0.4, -0.2) is 18.9 Å². The Balaban J connectivity index is 1.52. The van der Waals surface area contributed by atoms with Crippen molar-refractivity contribution in [2.45, 2.75) is 44.9 Å². The van der Waals surface area contributed by atoms with Gasteiger partial charge in [-0.15, -0.1) is 0 Å². The van der Waals surface area contributed by atoms with E-state index in [1.54, 1.807) is 37.4 Å². The minimum Gasteiger partial charge on any atom is -0.497 e. The standard InChI is InChI=1S/C25H28N2O4/c1-30-19-11-7-10-18(16-19)26-25(29)24-23(20-12-5-6-13-21(20)31-24)27-22(28)15-14-17-8-3-2-4-9-17/h5-7,10-13,16-17H,2-4,8-9,14-15H2,1H3,(H,26,29)(H,27,28). The molecule has 0 bridgehead atoms. The number of carbonyl (C=O) groups is 2. The Morgan fingerprint density at radius 2 is 1.84 bits per heavy atom. The van der Waals surface area contributed by atoms with Crippen LogP contribution in [0.15, 0.2) is 52.9 Å². The molecule has 0 atom stereocenters. The Morgan fingerprint density at radius 3 is 2.65 bits per heavy atom. The van der Waals surface area contributed by atoms with E-state index in [2.05, 4.69) is 10.6 Å². The molecule has 1 saturated carbocycles. The first-order valence-electron chi connectivity index (χ1n) is 10.9. The van der Waals surface area contributed by atoms with Gasteiger partial charge in [0.2, 0.25) is 11.7 Å². The minimum absolute atomic E-state index is 0.0902. The number of anilines is 2. The fourth-order valence-corrected chi connectivity index (χ4v) is 4.23. The Morgan fingerprint density at radius 1 is 1.03 bits per heavy atom. The van der Waals surface area contributed by atoms with Gasteiger partial charge in [0, 0.05) is 23.6 Å². The highest BCUT2D eigenvalue weighted by atomic mass is 16.5. The van der Waals surface area contributed by atoms with Crippen molar-refractivity contribution in [3.8, 4) is 5.75 Å². The summed E-state index contributed by atoms with van der Waals surface area (Å²) in [7, 11) is 1.57. The Labute approximate surface area is 182 Å². The molecule has 0 spiro atoms. The van der Waals surface area contributed by atoms with Gasteiger partial charge >= 0.3 is 0 Å². The maximum absolute atomic E-state index is 13.0. The second kappa shape index (κ2) is 9.69. The van der Waals surface area contributed by atoms with Gasteiger partial charge in [-0.2, -0.15) is 0 Å². The summed E-state index contributed by atoms with van der Waals surface area (Å²) in [4.78, 5) is 25.7. The number of nitrogens with one attached hydrogen (secondary N) is 2. The molecule has 1 aliphatic rings. The predicted molar refractivity (Wildman–Crippen MR) is 122 cm³/mol. The van der Waals surface area contributed by atoms with Gasteiger partial charge < -0.3 is 19.8 Å². The molecule has 1 heterocycles. The van der Waals surface area contributed by atoms with Gasteiger partial charge in [-0.1, -0.05) is 50.3 Å². The lowest BCUT2D eigenvalue weighted by molar-refractivity contribution is -0.116. The number of amides is 2. The van der Waals surface area contributed by atoms with Crippen LogP contribution in [0.25, 0.3) is 11.0 Å². The molecular weight excluding hydrogens is 392 g/mol. The number of carbonyl (C=O) groups excluding carboxylic acids is 2. The van der Waals surface area contributed by atoms with Crippen molar-refractivity contribution in [1.29, 1.82) is 0 Å². The van der Waals surface area contributed by atoms with Crippen molar-refractivity contribution in [2.24, 2.45) is 5.92 Å². The SMILES string of the molecule is COc1cccc(NC(=O)c2oc3ccccc3c2NC(=O)CCC2CCCCC2)c1. The van der Waals surface area contributed by atoms with Crippen LogP contribution < -0.4 is 15.4 Å². The van der Waals surface area contributed by atoms with E-state index in [0.717, 1.165) is 6.42 Å². The van der Waals surface area contributed by atoms with Gasteiger partial charge in [0.15, 0.2) is 0 Å². The van der Waals surface area contributed by atoms with Crippen molar-refractivity contribution in [3.63, 3.8) is 0 Å². The summed E-state index contributed by atoms with van der Waals surface area (Å²) in [5.41, 5.74) is 1.56. The van der Waals surface area contributed by atoms with Crippen molar-refractivity contribution in [2.75, 3.05) is 17.7 Å². The van der Waals surface area contributed by atoms with Gasteiger partial charge in [-0.05, 0) is 36.6 Å². The summed E-state index contributed by atoms with van der Waals surface area (Å²) < 4.78 is 11.0. The van der Waals surface area contributed by atoms with Crippen molar-refractivity contribution < 1.29 is 18.7 Å². The topological polar surface area (TPSA) is 80.6 Å². The van der Waals surface area contributed by atoms with Crippen LogP contribution >= 0.6 is 0 Å². The van der Waals surface area contributed by atoms with Crippen LogP contribution in [0.1, 0.15) is 55.5 Å². The van der Waals surface area contributed by atoms with E-state index in [0.29, 0.717) is 40.4 Å². The van der Waals surface area contributed by atoms with Crippen molar-refractivity contribution >= 4 is 34.2 Å². The van der Waals surface area contributed by atoms with E-state index in [4.69, 9.17) is 9.15 Å². The fraction of sp³-hybridized carbons (Fsp3) is 0.360. The van der Waals surface area contributed by atoms with E-state index in [1.165, 1.54) is 32.1 Å². The highest BCUT2D eigenvalue weighted by molar-refractivity contribution is 6.14. The lowest BCUT2D eigenvalue weighted by atomic mass is 9.86. The first-order chi connectivity index (χ1) is 15.1. The molecule has 1 aliphatic carbocycles. The normalized spacial score (nSPS) is 14.4. The number of hydrogen-bond donors (Lipinski definition) is 2. The lowest BCUT2D eigenvalue weighted by Gasteiger charge is -2.21. The van der Waals surface area contributed by atoms with Crippen LogP contribution in [-0.2, 0) is 4.79 Å². The van der Waals surface area contributed by atoms with Gasteiger partial charge in [0.05, 0.1) is 7.11 Å². The summed E-state index contributed by atoms with van der Waals surface area (Å²) >= 11 is 0. The maximum atomic E-state index is 13.0. The van der Waals surface area contributed by atoms with Crippen LogP contribution in [0.2, 0.25) is 0 Å². The third kappa shape index (κ3) is 5.08. The Hall–Kier alpha value is -3.28. The van der Waals surface area contributed by atoms with Crippen LogP contribution in [0, 0.1) is 5.92 Å². The number of benzene rings is 2. The van der Waals surface area contributed by atoms with Crippen LogP contribution in [0.3, 0.4) is 0 Å². The average Bonchev–Trinajstić information content (AvgIpc) is 3.17. The first-order valence-corrected chi connectivity index (χ1v) is 10.9. The first kappa shape index (κ1) is 21.0. The van der Waals surface area contributed by atoms with E-state index in [-0.39, 0.29) is 11.7 Å². The number of para-hydroxylation sites is 1. The van der Waals surface area contributed by atoms with E-state index in [9.17, 15) is 9.59 Å². The number of rotatable bonds is 7. The lowest BCUT2D eigenvalue weighted by Crippen LogP contribution is -2.18. The molecule has 6 nitrogen and oxygen atoms in total. The summed E-state index contributed by atoms with van der Waals surface area (Å²) in [5.74, 6) is 0.838. The zero-order valence-electron chi connectivity index (χ0n) is 17.8. The molecule has 2 aromatic carbocycles. The van der Waals surface area contributed by atoms with Gasteiger partial charge in [-0.3, -0.25) is 9.59 Å². The van der Waals surface area contributed by atoms with E-state index >= 15 is 0 Å². The molecule has 1 fully saturated rings. The molecule has 4 rings (SSSR count). The third-order valence-electron chi connectivity index (χ3n) is 5.90. The second-order valence-corrected chi connectivity index (χ2v) is 8.08. The molecule has 1 aromatic heterocycles. The van der Waals surface area contributed by atoms with Gasteiger partial charge in [0.25, 0.3) is 5.91 Å². The molecule has 2 N–H and O–H groups in total. The maximum Gasteiger partial charge on any atom is 0.293 e. The number of methoxy groups -OCH3 is 1. The van der Waals surface area contributed by atoms with Crippen molar-refractivity contribution in [3.05, 3.63) is 54.3 Å². The number of hydrogen-bond acceptors (Lipinski definition) is 4. The minimum atomic E-state index is -0.424. The quantitative estimate of drug-likeness (QED) is 0.492. The highest BCUT2D eigenvalue weighted by Gasteiger charge is 2.23. The number of ether oxygens (including phenoxy) is 1. The number of furan rings is 1. The third-order valence-corrected chi connectivity index (χ3v) is 5.90. The summed E-state index contributed by atoms with van der Waals surface area (Å²) in [6.07, 6.45) is 7.55. The molecule has 162 valence electrons. The monoisotopic (exact) mass is 420 g/mol. The van der Waals surface area contributed by atoms with Gasteiger partial charge in [-0.25, -0.2) is 0 Å². The molecule has 0 radical (unpaired) electrons. The Kier molecular flexibility index (Phi) is 6.55. The summed E-state index contributed by atoms with van der Waals surface area (Å²) in [5, 5.41) is 6.48. The second-order valence-electron chi connectivity index (χ2n) is 8.08. The fourth-order valence-electron chi connectivity index (χ4n) is 4.23. The molecule has 6 heteroatoms. The molecular formula is C25H28N2O4. The largest absolute Gasteiger partial charge is 0.497 e. The number of fused-ring (bicyclic) bond motifs is 1. The van der Waals surface area contributed by atoms with E-state index < -0.39 is 5.91 Å². The molecule has 0 aliphatic heterocycles. The summed E-state index contributed by atoms with van der Waals surface area (Å²) in [6.45, 7) is 0. The van der Waals surface area contributed by atoms with Crippen LogP contribution in [0.5, 0.6) is 5.75 Å². The summed E-state index contributed by atoms with van der Waals surface area (Å²) in [6, 6.07) is 14.4. The van der Waals surface area contributed by atoms with Crippen LogP contribution in [0.4, 0.5) is 11.4 Å². The predicted octanol–water partition coefficient (Wildman–Crippen LogP) is 5.99. The zero-order valence-corrected chi connectivity index (χ0v) is 17.8. The zero-order chi connectivity index (χ0) is 21.6. The molecule has 31 heavy (non-hydrogen) atoms. The van der Waals surface area contributed by atoms with Gasteiger partial charge in [0.1, 0.15) is 17.0 Å². The van der Waals surface area contributed by atoms with E-state index in [1.807, 2.05) is 18.2 Å². The Bertz CT molecular complexity index is 1070. The molecule has 0 saturated heterocycles. The average molecular weight is 421 g/mol. The smallest absolute Gasteiger partial charge is 0.293 e. The molecule has 2 amide bonds.